The fourth-order valence-electron chi connectivity index (χ4n) is 2.50. The van der Waals surface area contributed by atoms with Gasteiger partial charge >= 0.3 is 0 Å². The van der Waals surface area contributed by atoms with Gasteiger partial charge in [0.1, 0.15) is 0 Å². The zero-order chi connectivity index (χ0) is 15.5. The molecule has 6 nitrogen and oxygen atoms in total. The summed E-state index contributed by atoms with van der Waals surface area (Å²) in [4.78, 5) is 12.2. The number of hydrogen-bond acceptors (Lipinski definition) is 4. The van der Waals surface area contributed by atoms with Crippen LogP contribution in [0.1, 0.15) is 27.3 Å². The van der Waals surface area contributed by atoms with E-state index in [1.165, 1.54) is 19.2 Å². The molecule has 0 fully saturated rings. The van der Waals surface area contributed by atoms with Crippen molar-refractivity contribution in [1.29, 1.82) is 0 Å². The molecule has 2 aromatic rings. The molecule has 0 atom stereocenters. The van der Waals surface area contributed by atoms with Crippen LogP contribution >= 0.6 is 12.4 Å². The van der Waals surface area contributed by atoms with E-state index in [-0.39, 0.29) is 30.6 Å². The van der Waals surface area contributed by atoms with E-state index in [4.69, 9.17) is 4.74 Å². The Balaban J connectivity index is 0.00000192. The van der Waals surface area contributed by atoms with Crippen molar-refractivity contribution >= 4 is 18.3 Å². The molecule has 0 saturated heterocycles. The summed E-state index contributed by atoms with van der Waals surface area (Å²) in [5.41, 5.74) is 2.97. The van der Waals surface area contributed by atoms with Crippen molar-refractivity contribution in [3.05, 3.63) is 46.5 Å². The van der Waals surface area contributed by atoms with E-state index in [2.05, 4.69) is 20.8 Å². The van der Waals surface area contributed by atoms with Crippen molar-refractivity contribution in [2.45, 2.75) is 19.5 Å². The van der Waals surface area contributed by atoms with Gasteiger partial charge in [-0.25, -0.2) is 4.39 Å². The normalized spacial score (nSPS) is 13.0. The second-order valence-corrected chi connectivity index (χ2v) is 5.11. The second-order valence-electron chi connectivity index (χ2n) is 5.11. The summed E-state index contributed by atoms with van der Waals surface area (Å²) in [6.07, 6.45) is 0.833. The summed E-state index contributed by atoms with van der Waals surface area (Å²) in [5, 5.41) is 13.0. The van der Waals surface area contributed by atoms with Crippen molar-refractivity contribution in [2.75, 3.05) is 13.7 Å². The van der Waals surface area contributed by atoms with E-state index in [9.17, 15) is 9.18 Å². The fraction of sp³-hybridized carbons (Fsp3) is 0.333. The van der Waals surface area contributed by atoms with Gasteiger partial charge in [0.05, 0.1) is 7.11 Å². The van der Waals surface area contributed by atoms with Crippen LogP contribution in [0.4, 0.5) is 4.39 Å². The molecule has 1 amide bonds. The standard InChI is InChI=1S/C15H17FN4O2.ClH/c1-22-13-3-2-9(6-11(13)16)7-18-15(21)14-10-8-17-5-4-12(10)19-20-14;/h2-3,6,17H,4-5,7-8H2,1H3,(H,18,21)(H,19,20);1H. The molecular weight excluding hydrogens is 323 g/mol. The van der Waals surface area contributed by atoms with Crippen LogP contribution in [-0.4, -0.2) is 29.8 Å². The summed E-state index contributed by atoms with van der Waals surface area (Å²) in [6, 6.07) is 4.60. The first-order chi connectivity index (χ1) is 10.7. The number of nitrogens with one attached hydrogen (secondary N) is 3. The van der Waals surface area contributed by atoms with Crippen molar-refractivity contribution in [2.24, 2.45) is 0 Å². The number of halogens is 2. The molecule has 124 valence electrons. The van der Waals surface area contributed by atoms with Gasteiger partial charge < -0.3 is 15.4 Å². The van der Waals surface area contributed by atoms with Gasteiger partial charge in [-0.05, 0) is 17.7 Å². The Morgan fingerprint density at radius 3 is 3.04 bits per heavy atom. The maximum Gasteiger partial charge on any atom is 0.272 e. The molecule has 1 aliphatic rings. The number of ether oxygens (including phenoxy) is 1. The number of rotatable bonds is 4. The lowest BCUT2D eigenvalue weighted by Gasteiger charge is -2.13. The van der Waals surface area contributed by atoms with Gasteiger partial charge in [-0.1, -0.05) is 6.07 Å². The summed E-state index contributed by atoms with van der Waals surface area (Å²) < 4.78 is 18.5. The average molecular weight is 341 g/mol. The van der Waals surface area contributed by atoms with E-state index in [0.29, 0.717) is 17.8 Å². The molecule has 0 aliphatic carbocycles. The highest BCUT2D eigenvalue weighted by Crippen LogP contribution is 2.18. The van der Waals surface area contributed by atoms with Crippen LogP contribution in [0.5, 0.6) is 5.75 Å². The third-order valence-corrected chi connectivity index (χ3v) is 3.69. The SMILES string of the molecule is COc1ccc(CNC(=O)c2n[nH]c3c2CNCC3)cc1F.Cl. The molecule has 3 rings (SSSR count). The smallest absolute Gasteiger partial charge is 0.272 e. The van der Waals surface area contributed by atoms with Crippen LogP contribution in [0, 0.1) is 5.82 Å². The topological polar surface area (TPSA) is 79.0 Å². The van der Waals surface area contributed by atoms with Crippen LogP contribution < -0.4 is 15.4 Å². The number of carbonyl (C=O) groups excluding carboxylic acids is 1. The molecule has 0 bridgehead atoms. The molecule has 0 spiro atoms. The Morgan fingerprint density at radius 1 is 1.48 bits per heavy atom. The summed E-state index contributed by atoms with van der Waals surface area (Å²) in [7, 11) is 1.41. The molecule has 2 heterocycles. The van der Waals surface area contributed by atoms with E-state index in [1.807, 2.05) is 0 Å². The maximum atomic E-state index is 13.6. The first kappa shape index (κ1) is 17.2. The number of aromatic nitrogens is 2. The number of carbonyl (C=O) groups is 1. The highest BCUT2D eigenvalue weighted by Gasteiger charge is 2.21. The minimum Gasteiger partial charge on any atom is -0.494 e. The fourth-order valence-corrected chi connectivity index (χ4v) is 2.50. The van der Waals surface area contributed by atoms with E-state index >= 15 is 0 Å². The van der Waals surface area contributed by atoms with Gasteiger partial charge in [-0.2, -0.15) is 5.10 Å². The predicted molar refractivity (Wildman–Crippen MR) is 85.4 cm³/mol. The van der Waals surface area contributed by atoms with Crippen molar-refractivity contribution in [3.8, 4) is 5.75 Å². The van der Waals surface area contributed by atoms with Crippen LogP contribution in [0.25, 0.3) is 0 Å². The number of benzene rings is 1. The highest BCUT2D eigenvalue weighted by molar-refractivity contribution is 5.94. The molecule has 0 radical (unpaired) electrons. The lowest BCUT2D eigenvalue weighted by Crippen LogP contribution is -2.28. The van der Waals surface area contributed by atoms with Gasteiger partial charge in [0.25, 0.3) is 5.91 Å². The highest BCUT2D eigenvalue weighted by atomic mass is 35.5. The first-order valence-electron chi connectivity index (χ1n) is 7.06. The maximum absolute atomic E-state index is 13.6. The van der Waals surface area contributed by atoms with E-state index in [1.54, 1.807) is 6.07 Å². The van der Waals surface area contributed by atoms with Crippen molar-refractivity contribution in [3.63, 3.8) is 0 Å². The Hall–Kier alpha value is -2.12. The van der Waals surface area contributed by atoms with E-state index < -0.39 is 5.82 Å². The Labute approximate surface area is 139 Å². The van der Waals surface area contributed by atoms with Crippen LogP contribution in [-0.2, 0) is 19.5 Å². The quantitative estimate of drug-likeness (QED) is 0.789. The molecular formula is C15H18ClFN4O2. The molecule has 0 unspecified atom stereocenters. The summed E-state index contributed by atoms with van der Waals surface area (Å²) in [6.45, 7) is 1.74. The minimum absolute atomic E-state index is 0. The van der Waals surface area contributed by atoms with Crippen LogP contribution in [0.3, 0.4) is 0 Å². The average Bonchev–Trinajstić information content (AvgIpc) is 2.97. The van der Waals surface area contributed by atoms with Crippen LogP contribution in [0.15, 0.2) is 18.2 Å². The molecule has 8 heteroatoms. The number of hydrogen-bond donors (Lipinski definition) is 3. The molecule has 23 heavy (non-hydrogen) atoms. The third kappa shape index (κ3) is 3.62. The number of aromatic amines is 1. The number of amides is 1. The Morgan fingerprint density at radius 2 is 2.30 bits per heavy atom. The lowest BCUT2D eigenvalue weighted by atomic mass is 10.1. The van der Waals surface area contributed by atoms with Crippen molar-refractivity contribution < 1.29 is 13.9 Å². The van der Waals surface area contributed by atoms with Gasteiger partial charge in [-0.3, -0.25) is 9.89 Å². The minimum atomic E-state index is -0.449. The predicted octanol–water partition coefficient (Wildman–Crippen LogP) is 1.55. The van der Waals surface area contributed by atoms with E-state index in [0.717, 1.165) is 24.2 Å². The number of nitrogens with zero attached hydrogens (tertiary/aromatic N) is 1. The molecule has 1 aromatic heterocycles. The van der Waals surface area contributed by atoms with Gasteiger partial charge in [0, 0.05) is 37.3 Å². The summed E-state index contributed by atoms with van der Waals surface area (Å²) >= 11 is 0. The largest absolute Gasteiger partial charge is 0.494 e. The number of fused-ring (bicyclic) bond motifs is 1. The Kier molecular flexibility index (Phi) is 5.57. The number of H-pyrrole nitrogens is 1. The molecule has 1 aromatic carbocycles. The molecule has 0 saturated carbocycles. The van der Waals surface area contributed by atoms with Crippen LogP contribution in [0.2, 0.25) is 0 Å². The summed E-state index contributed by atoms with van der Waals surface area (Å²) in [5.74, 6) is -0.532. The number of methoxy groups -OCH3 is 1. The lowest BCUT2D eigenvalue weighted by molar-refractivity contribution is 0.0944. The van der Waals surface area contributed by atoms with Gasteiger partial charge in [-0.15, -0.1) is 12.4 Å². The monoisotopic (exact) mass is 340 g/mol. The molecule has 1 aliphatic heterocycles. The zero-order valence-electron chi connectivity index (χ0n) is 12.6. The molecule has 3 N–H and O–H groups in total. The van der Waals surface area contributed by atoms with Gasteiger partial charge in [0.15, 0.2) is 17.3 Å². The Bertz CT molecular complexity index is 705. The van der Waals surface area contributed by atoms with Crippen molar-refractivity contribution in [1.82, 2.24) is 20.8 Å². The van der Waals surface area contributed by atoms with Gasteiger partial charge in [0.2, 0.25) is 0 Å². The zero-order valence-corrected chi connectivity index (χ0v) is 13.4. The third-order valence-electron chi connectivity index (χ3n) is 3.69. The first-order valence-corrected chi connectivity index (χ1v) is 7.06. The second kappa shape index (κ2) is 7.43.